The second-order valence-corrected chi connectivity index (χ2v) is 6.48. The lowest BCUT2D eigenvalue weighted by molar-refractivity contribution is -0.384. The number of hydrogen-bond acceptors (Lipinski definition) is 7. The molecule has 22 heavy (non-hydrogen) atoms. The Bertz CT molecular complexity index is 635. The number of rotatable bonds is 7. The molecular formula is C14H12N2O4S2. The van der Waals surface area contributed by atoms with Crippen molar-refractivity contribution in [1.82, 2.24) is 4.98 Å². The molecule has 0 saturated heterocycles. The molecule has 6 nitrogen and oxygen atoms in total. The molecule has 0 aliphatic carbocycles. The summed E-state index contributed by atoms with van der Waals surface area (Å²) in [6.45, 7) is 0. The van der Waals surface area contributed by atoms with Gasteiger partial charge >= 0.3 is 5.97 Å². The number of benzene rings is 1. The Morgan fingerprint density at radius 2 is 2.00 bits per heavy atom. The fraction of sp³-hybridized carbons (Fsp3) is 0.143. The molecule has 8 heteroatoms. The van der Waals surface area contributed by atoms with Crippen LogP contribution in [-0.2, 0) is 4.79 Å². The summed E-state index contributed by atoms with van der Waals surface area (Å²) in [6, 6.07) is 11.1. The largest absolute Gasteiger partial charge is 0.426 e. The maximum absolute atomic E-state index is 11.6. The molecule has 0 N–H and O–H groups in total. The van der Waals surface area contributed by atoms with Crippen molar-refractivity contribution >= 4 is 33.2 Å². The van der Waals surface area contributed by atoms with Crippen LogP contribution in [0.15, 0.2) is 53.7 Å². The summed E-state index contributed by atoms with van der Waals surface area (Å²) < 4.78 is 5.10. The molecule has 1 aromatic carbocycles. The normalized spacial score (nSPS) is 10.2. The molecule has 0 saturated carbocycles. The smallest absolute Gasteiger partial charge is 0.312 e. The zero-order valence-corrected chi connectivity index (χ0v) is 13.0. The fourth-order valence-corrected chi connectivity index (χ4v) is 3.29. The van der Waals surface area contributed by atoms with Crippen molar-refractivity contribution in [2.45, 2.75) is 11.4 Å². The van der Waals surface area contributed by atoms with Crippen LogP contribution in [-0.4, -0.2) is 21.6 Å². The molecule has 1 heterocycles. The highest BCUT2D eigenvalue weighted by molar-refractivity contribution is 8.76. The van der Waals surface area contributed by atoms with Gasteiger partial charge in [0, 0.05) is 24.1 Å². The van der Waals surface area contributed by atoms with Gasteiger partial charge in [0.2, 0.25) is 0 Å². The van der Waals surface area contributed by atoms with E-state index in [1.165, 1.54) is 45.9 Å². The van der Waals surface area contributed by atoms with Gasteiger partial charge in [0.1, 0.15) is 10.8 Å². The number of aromatic nitrogens is 1. The van der Waals surface area contributed by atoms with Gasteiger partial charge in [0.15, 0.2) is 0 Å². The standard InChI is InChI=1S/C14H12N2O4S2/c17-14(8-10-21-22-13-3-1-2-9-15-13)20-12-6-4-11(5-7-12)16(18)19/h1-7,9H,8,10H2. The first kappa shape index (κ1) is 16.3. The molecule has 1 aromatic heterocycles. The first-order valence-corrected chi connectivity index (χ1v) is 8.62. The molecule has 114 valence electrons. The Labute approximate surface area is 134 Å². The molecular weight excluding hydrogens is 324 g/mol. The van der Waals surface area contributed by atoms with Crippen molar-refractivity contribution < 1.29 is 14.5 Å². The third-order valence-electron chi connectivity index (χ3n) is 2.45. The minimum absolute atomic E-state index is 0.0397. The summed E-state index contributed by atoms with van der Waals surface area (Å²) in [4.78, 5) is 25.8. The quantitative estimate of drug-likeness (QED) is 0.190. The lowest BCUT2D eigenvalue weighted by Crippen LogP contribution is -2.08. The summed E-state index contributed by atoms with van der Waals surface area (Å²) in [7, 11) is 3.01. The van der Waals surface area contributed by atoms with E-state index in [1.54, 1.807) is 6.20 Å². The van der Waals surface area contributed by atoms with Crippen LogP contribution in [0.25, 0.3) is 0 Å². The molecule has 0 aliphatic rings. The third-order valence-corrected chi connectivity index (χ3v) is 4.72. The number of carbonyl (C=O) groups excluding carboxylic acids is 1. The van der Waals surface area contributed by atoms with Crippen molar-refractivity contribution in [3.8, 4) is 5.75 Å². The Kier molecular flexibility index (Phi) is 6.23. The lowest BCUT2D eigenvalue weighted by atomic mass is 10.3. The highest BCUT2D eigenvalue weighted by atomic mass is 33.1. The van der Waals surface area contributed by atoms with E-state index in [1.807, 2.05) is 18.2 Å². The molecule has 0 fully saturated rings. The maximum Gasteiger partial charge on any atom is 0.312 e. The SMILES string of the molecule is O=C(CCSSc1ccccn1)Oc1ccc([N+](=O)[O-])cc1. The summed E-state index contributed by atoms with van der Waals surface area (Å²) in [5.41, 5.74) is -0.0397. The van der Waals surface area contributed by atoms with Crippen LogP contribution in [0.3, 0.4) is 0 Å². The fourth-order valence-electron chi connectivity index (χ4n) is 1.44. The number of hydrogen-bond donors (Lipinski definition) is 0. The second-order valence-electron chi connectivity index (χ2n) is 4.05. The van der Waals surface area contributed by atoms with E-state index < -0.39 is 4.92 Å². The average Bonchev–Trinajstić information content (AvgIpc) is 2.53. The minimum Gasteiger partial charge on any atom is -0.426 e. The van der Waals surface area contributed by atoms with E-state index in [2.05, 4.69) is 4.98 Å². The molecule has 0 bridgehead atoms. The highest BCUT2D eigenvalue weighted by Crippen LogP contribution is 2.29. The number of nitrogens with zero attached hydrogens (tertiary/aromatic N) is 2. The van der Waals surface area contributed by atoms with Crippen molar-refractivity contribution in [1.29, 1.82) is 0 Å². The molecule has 0 radical (unpaired) electrons. The van der Waals surface area contributed by atoms with E-state index in [4.69, 9.17) is 4.74 Å². The monoisotopic (exact) mass is 336 g/mol. The Hall–Kier alpha value is -2.06. The third kappa shape index (κ3) is 5.38. The van der Waals surface area contributed by atoms with Crippen LogP contribution in [0.1, 0.15) is 6.42 Å². The molecule has 0 spiro atoms. The highest BCUT2D eigenvalue weighted by Gasteiger charge is 2.08. The Balaban J connectivity index is 1.70. The van der Waals surface area contributed by atoms with E-state index in [-0.39, 0.29) is 18.1 Å². The zero-order valence-electron chi connectivity index (χ0n) is 11.4. The number of carbonyl (C=O) groups is 1. The van der Waals surface area contributed by atoms with Gasteiger partial charge in [-0.3, -0.25) is 14.9 Å². The lowest BCUT2D eigenvalue weighted by Gasteiger charge is -2.03. The van der Waals surface area contributed by atoms with Crippen molar-refractivity contribution in [3.05, 3.63) is 58.8 Å². The topological polar surface area (TPSA) is 82.3 Å². The van der Waals surface area contributed by atoms with Gasteiger partial charge in [-0.05, 0) is 35.1 Å². The number of ether oxygens (including phenoxy) is 1. The molecule has 2 rings (SSSR count). The number of nitro benzene ring substituents is 1. The second kappa shape index (κ2) is 8.40. The van der Waals surface area contributed by atoms with Crippen LogP contribution in [0.4, 0.5) is 5.69 Å². The van der Waals surface area contributed by atoms with Crippen molar-refractivity contribution in [3.63, 3.8) is 0 Å². The molecule has 0 atom stereocenters. The number of non-ortho nitro benzene ring substituents is 1. The van der Waals surface area contributed by atoms with E-state index in [0.29, 0.717) is 11.5 Å². The van der Waals surface area contributed by atoms with Crippen molar-refractivity contribution in [2.24, 2.45) is 0 Å². The van der Waals surface area contributed by atoms with Gasteiger partial charge in [0.05, 0.1) is 11.3 Å². The van der Waals surface area contributed by atoms with E-state index in [9.17, 15) is 14.9 Å². The van der Waals surface area contributed by atoms with Gasteiger partial charge in [-0.2, -0.15) is 0 Å². The van der Waals surface area contributed by atoms with E-state index in [0.717, 1.165) is 5.03 Å². The Morgan fingerprint density at radius 1 is 1.23 bits per heavy atom. The van der Waals surface area contributed by atoms with Gasteiger partial charge in [0.25, 0.3) is 5.69 Å². The van der Waals surface area contributed by atoms with Crippen molar-refractivity contribution in [2.75, 3.05) is 5.75 Å². The van der Waals surface area contributed by atoms with Crippen LogP contribution in [0.5, 0.6) is 5.75 Å². The average molecular weight is 336 g/mol. The molecule has 0 aliphatic heterocycles. The number of esters is 1. The predicted molar refractivity (Wildman–Crippen MR) is 85.9 cm³/mol. The van der Waals surface area contributed by atoms with Crippen LogP contribution in [0.2, 0.25) is 0 Å². The van der Waals surface area contributed by atoms with Gasteiger partial charge in [-0.1, -0.05) is 16.9 Å². The number of nitro groups is 1. The maximum atomic E-state index is 11.6. The summed E-state index contributed by atoms with van der Waals surface area (Å²) in [5, 5.41) is 11.4. The molecule has 0 amide bonds. The number of pyridine rings is 1. The van der Waals surface area contributed by atoms with Crippen LogP contribution >= 0.6 is 21.6 Å². The minimum atomic E-state index is -0.503. The summed E-state index contributed by atoms with van der Waals surface area (Å²) >= 11 is 0. The Morgan fingerprint density at radius 3 is 2.64 bits per heavy atom. The van der Waals surface area contributed by atoms with Crippen LogP contribution in [0, 0.1) is 10.1 Å². The molecule has 0 unspecified atom stereocenters. The molecule has 2 aromatic rings. The van der Waals surface area contributed by atoms with Crippen LogP contribution < -0.4 is 4.74 Å². The first-order chi connectivity index (χ1) is 10.6. The predicted octanol–water partition coefficient (Wildman–Crippen LogP) is 3.73. The zero-order chi connectivity index (χ0) is 15.8. The van der Waals surface area contributed by atoms with Gasteiger partial charge < -0.3 is 4.74 Å². The first-order valence-electron chi connectivity index (χ1n) is 6.31. The summed E-state index contributed by atoms with van der Waals surface area (Å²) in [5.74, 6) is 0.522. The summed E-state index contributed by atoms with van der Waals surface area (Å²) in [6.07, 6.45) is 1.97. The van der Waals surface area contributed by atoms with E-state index >= 15 is 0 Å². The van der Waals surface area contributed by atoms with Gasteiger partial charge in [-0.25, -0.2) is 4.98 Å². The van der Waals surface area contributed by atoms with Gasteiger partial charge in [-0.15, -0.1) is 0 Å².